The summed E-state index contributed by atoms with van der Waals surface area (Å²) in [4.78, 5) is 19.4. The highest BCUT2D eigenvalue weighted by atomic mass is 32.1. The van der Waals surface area contributed by atoms with Crippen LogP contribution in [0.4, 0.5) is 5.69 Å². The molecule has 0 fully saturated rings. The molecule has 24 heavy (non-hydrogen) atoms. The van der Waals surface area contributed by atoms with E-state index in [1.165, 1.54) is 5.69 Å². The zero-order chi connectivity index (χ0) is 16.7. The molecule has 0 atom stereocenters. The molecule has 0 aliphatic carbocycles. The zero-order valence-electron chi connectivity index (χ0n) is 13.4. The first-order chi connectivity index (χ1) is 11.7. The molecule has 6 nitrogen and oxygen atoms in total. The maximum atomic E-state index is 12.0. The maximum absolute atomic E-state index is 12.0. The third-order valence-corrected chi connectivity index (χ3v) is 5.09. The summed E-state index contributed by atoms with van der Waals surface area (Å²) in [6.45, 7) is 3.30. The predicted octanol–water partition coefficient (Wildman–Crippen LogP) is 2.31. The minimum atomic E-state index is -0.0156. The van der Waals surface area contributed by atoms with Gasteiger partial charge < -0.3 is 15.4 Å². The number of benzene rings is 1. The number of carbonyl (C=O) groups excluding carboxylic acids is 1. The van der Waals surface area contributed by atoms with E-state index >= 15 is 0 Å². The molecular formula is C17H18N4O2S. The van der Waals surface area contributed by atoms with Crippen LogP contribution in [0.2, 0.25) is 0 Å². The van der Waals surface area contributed by atoms with Gasteiger partial charge in [0.2, 0.25) is 0 Å². The Hall–Kier alpha value is -2.38. The van der Waals surface area contributed by atoms with Crippen molar-refractivity contribution in [3.05, 3.63) is 35.5 Å². The molecule has 3 aromatic rings. The molecule has 7 heteroatoms. The summed E-state index contributed by atoms with van der Waals surface area (Å²) >= 11 is 1.61. The van der Waals surface area contributed by atoms with Crippen molar-refractivity contribution in [1.29, 1.82) is 0 Å². The number of fused-ring (bicyclic) bond motifs is 2. The number of carbonyl (C=O) groups is 1. The lowest BCUT2D eigenvalue weighted by Gasteiger charge is -2.28. The molecule has 124 valence electrons. The Bertz CT molecular complexity index is 915. The Morgan fingerprint density at radius 1 is 1.42 bits per heavy atom. The van der Waals surface area contributed by atoms with E-state index < -0.39 is 0 Å². The highest BCUT2D eigenvalue weighted by Gasteiger charge is 2.24. The van der Waals surface area contributed by atoms with Crippen molar-refractivity contribution >= 4 is 27.9 Å². The summed E-state index contributed by atoms with van der Waals surface area (Å²) in [7, 11) is 0. The average Bonchev–Trinajstić information content (AvgIpc) is 3.16. The molecule has 0 radical (unpaired) electrons. The number of likely N-dealkylation sites (N-methyl/N-ethyl adjacent to an activating group) is 1. The summed E-state index contributed by atoms with van der Waals surface area (Å²) in [5.41, 5.74) is 9.51. The lowest BCUT2D eigenvalue weighted by atomic mass is 10.1. The van der Waals surface area contributed by atoms with E-state index in [4.69, 9.17) is 15.5 Å². The minimum Gasteiger partial charge on any atom is -0.482 e. The normalized spacial score (nSPS) is 14.1. The molecule has 0 bridgehead atoms. The second-order valence-corrected chi connectivity index (χ2v) is 6.49. The van der Waals surface area contributed by atoms with Crippen molar-refractivity contribution in [3.63, 3.8) is 0 Å². The molecule has 2 N–H and O–H groups in total. The molecule has 1 aromatic carbocycles. The zero-order valence-corrected chi connectivity index (χ0v) is 14.2. The second-order valence-electron chi connectivity index (χ2n) is 5.65. The maximum Gasteiger partial charge on any atom is 0.265 e. The van der Waals surface area contributed by atoms with Gasteiger partial charge in [0.15, 0.2) is 11.6 Å². The first kappa shape index (κ1) is 15.2. The van der Waals surface area contributed by atoms with E-state index in [2.05, 4.69) is 9.78 Å². The third kappa shape index (κ3) is 2.37. The van der Waals surface area contributed by atoms with Crippen molar-refractivity contribution < 1.29 is 9.53 Å². The van der Waals surface area contributed by atoms with Gasteiger partial charge in [0.1, 0.15) is 5.75 Å². The first-order valence-corrected chi connectivity index (χ1v) is 8.82. The van der Waals surface area contributed by atoms with Crippen LogP contribution in [0.15, 0.2) is 29.8 Å². The Morgan fingerprint density at radius 3 is 3.08 bits per heavy atom. The van der Waals surface area contributed by atoms with Gasteiger partial charge in [0.05, 0.1) is 11.4 Å². The van der Waals surface area contributed by atoms with Gasteiger partial charge in [0, 0.05) is 35.8 Å². The van der Waals surface area contributed by atoms with Crippen LogP contribution >= 0.6 is 11.3 Å². The van der Waals surface area contributed by atoms with E-state index in [1.54, 1.807) is 16.2 Å². The van der Waals surface area contributed by atoms with Crippen LogP contribution < -0.4 is 15.4 Å². The quantitative estimate of drug-likeness (QED) is 0.790. The largest absolute Gasteiger partial charge is 0.482 e. The lowest BCUT2D eigenvalue weighted by Crippen LogP contribution is -2.38. The van der Waals surface area contributed by atoms with Crippen LogP contribution in [0.1, 0.15) is 12.6 Å². The molecule has 1 aliphatic heterocycles. The first-order valence-electron chi connectivity index (χ1n) is 7.94. The summed E-state index contributed by atoms with van der Waals surface area (Å²) in [6, 6.07) is 5.87. The number of amides is 1. The molecular weight excluding hydrogens is 324 g/mol. The van der Waals surface area contributed by atoms with Gasteiger partial charge in [-0.2, -0.15) is 0 Å². The number of nitrogens with two attached hydrogens (primary N) is 1. The van der Waals surface area contributed by atoms with Crippen LogP contribution in [0.5, 0.6) is 5.75 Å². The monoisotopic (exact) mass is 342 g/mol. The summed E-state index contributed by atoms with van der Waals surface area (Å²) in [5, 5.41) is 2.09. The lowest BCUT2D eigenvalue weighted by molar-refractivity contribution is -0.121. The highest BCUT2D eigenvalue weighted by Crippen LogP contribution is 2.36. The van der Waals surface area contributed by atoms with E-state index in [0.29, 0.717) is 13.1 Å². The highest BCUT2D eigenvalue weighted by molar-refractivity contribution is 7.15. The molecule has 0 spiro atoms. The number of aromatic nitrogens is 2. The fourth-order valence-electron chi connectivity index (χ4n) is 3.00. The molecule has 1 amide bonds. The second kappa shape index (κ2) is 5.92. The Balaban J connectivity index is 1.77. The summed E-state index contributed by atoms with van der Waals surface area (Å²) in [6.07, 6.45) is 2.85. The van der Waals surface area contributed by atoms with Crippen LogP contribution in [0.25, 0.3) is 16.2 Å². The fourth-order valence-corrected chi connectivity index (χ4v) is 3.91. The standard InChI is InChI=1S/C17H18N4O2S/c1-2-20-14-7-11(3-4-15(14)23-9-16(20)22)13-8-21-12(5-6-18)10-24-17(21)19-13/h3-4,7-8,10H,2,5-6,9,18H2,1H3. The molecule has 3 heterocycles. The summed E-state index contributed by atoms with van der Waals surface area (Å²) in [5.74, 6) is 0.725. The van der Waals surface area contributed by atoms with Crippen LogP contribution in [0, 0.1) is 0 Å². The number of nitrogens with zero attached hydrogens (tertiary/aromatic N) is 3. The van der Waals surface area contributed by atoms with Crippen molar-refractivity contribution in [2.45, 2.75) is 13.3 Å². The van der Waals surface area contributed by atoms with Crippen LogP contribution in [-0.2, 0) is 11.2 Å². The van der Waals surface area contributed by atoms with E-state index in [-0.39, 0.29) is 12.5 Å². The Morgan fingerprint density at radius 2 is 2.29 bits per heavy atom. The van der Waals surface area contributed by atoms with Gasteiger partial charge in [-0.1, -0.05) is 0 Å². The van der Waals surface area contributed by atoms with Gasteiger partial charge in [-0.3, -0.25) is 9.20 Å². The smallest absolute Gasteiger partial charge is 0.265 e. The average molecular weight is 342 g/mol. The molecule has 1 aliphatic rings. The number of anilines is 1. The van der Waals surface area contributed by atoms with E-state index in [9.17, 15) is 4.79 Å². The fraction of sp³-hybridized carbons (Fsp3) is 0.294. The Kier molecular flexibility index (Phi) is 3.74. The topological polar surface area (TPSA) is 72.9 Å². The number of imidazole rings is 1. The number of rotatable bonds is 4. The van der Waals surface area contributed by atoms with E-state index in [0.717, 1.165) is 34.1 Å². The minimum absolute atomic E-state index is 0.0156. The molecule has 4 rings (SSSR count). The van der Waals surface area contributed by atoms with Gasteiger partial charge in [-0.15, -0.1) is 11.3 Å². The molecule has 0 unspecified atom stereocenters. The Labute approximate surface area is 143 Å². The van der Waals surface area contributed by atoms with Crippen LogP contribution in [0.3, 0.4) is 0 Å². The number of thiazole rings is 1. The number of hydrogen-bond donors (Lipinski definition) is 1. The SMILES string of the molecule is CCN1C(=O)COc2ccc(-c3cn4c(CCN)csc4n3)cc21. The molecule has 0 saturated carbocycles. The van der Waals surface area contributed by atoms with Crippen molar-refractivity contribution in [2.24, 2.45) is 5.73 Å². The van der Waals surface area contributed by atoms with Crippen LogP contribution in [-0.4, -0.2) is 35.0 Å². The van der Waals surface area contributed by atoms with Gasteiger partial charge >= 0.3 is 0 Å². The molecule has 2 aromatic heterocycles. The van der Waals surface area contributed by atoms with Crippen molar-refractivity contribution in [3.8, 4) is 17.0 Å². The van der Waals surface area contributed by atoms with Gasteiger partial charge in [0.25, 0.3) is 5.91 Å². The number of ether oxygens (including phenoxy) is 1. The third-order valence-electron chi connectivity index (χ3n) is 4.20. The molecule has 0 saturated heterocycles. The predicted molar refractivity (Wildman–Crippen MR) is 94.8 cm³/mol. The van der Waals surface area contributed by atoms with E-state index in [1.807, 2.05) is 31.3 Å². The van der Waals surface area contributed by atoms with Crippen molar-refractivity contribution in [2.75, 3.05) is 24.6 Å². The van der Waals surface area contributed by atoms with Gasteiger partial charge in [-0.25, -0.2) is 4.98 Å². The van der Waals surface area contributed by atoms with Crippen molar-refractivity contribution in [1.82, 2.24) is 9.38 Å². The summed E-state index contributed by atoms with van der Waals surface area (Å²) < 4.78 is 7.61. The van der Waals surface area contributed by atoms with Gasteiger partial charge in [-0.05, 0) is 31.7 Å². The number of hydrogen-bond acceptors (Lipinski definition) is 5.